The largest absolute Gasteiger partial charge is 0.488 e. The average molecular weight is 733 g/mol. The fraction of sp³-hybridized carbons (Fsp3) is 0.450. The number of pyridine rings is 4. The maximum absolute atomic E-state index is 11.8. The van der Waals surface area contributed by atoms with Crippen molar-refractivity contribution in [3.8, 4) is 23.3 Å². The summed E-state index contributed by atoms with van der Waals surface area (Å²) in [6, 6.07) is 11.4. The van der Waals surface area contributed by atoms with Crippen molar-refractivity contribution in [2.24, 2.45) is 23.7 Å². The Kier molecular flexibility index (Phi) is 8.62. The summed E-state index contributed by atoms with van der Waals surface area (Å²) in [4.78, 5) is 46.4. The van der Waals surface area contributed by atoms with E-state index >= 15 is 0 Å². The molecule has 2 amide bonds. The van der Waals surface area contributed by atoms with Gasteiger partial charge in [0.25, 0.3) is 11.8 Å². The smallest absolute Gasteiger partial charge is 0.253 e. The Morgan fingerprint density at radius 2 is 1.04 bits per heavy atom. The van der Waals surface area contributed by atoms with Crippen molar-refractivity contribution in [2.45, 2.75) is 52.0 Å². The molecule has 2 N–H and O–H groups in total. The highest BCUT2D eigenvalue weighted by Gasteiger charge is 2.50. The molecule has 4 bridgehead atoms. The van der Waals surface area contributed by atoms with E-state index in [4.69, 9.17) is 28.9 Å². The molecule has 0 aromatic carbocycles. The van der Waals surface area contributed by atoms with Gasteiger partial charge in [0.1, 0.15) is 35.3 Å². The Bertz CT molecular complexity index is 1920. The van der Waals surface area contributed by atoms with Gasteiger partial charge in [0.05, 0.1) is 62.2 Å². The first-order valence-electron chi connectivity index (χ1n) is 18.6. The maximum Gasteiger partial charge on any atom is 0.253 e. The molecule has 14 heteroatoms. The van der Waals surface area contributed by atoms with Crippen molar-refractivity contribution in [1.29, 1.82) is 0 Å². The summed E-state index contributed by atoms with van der Waals surface area (Å²) in [5, 5.41) is 5.70. The van der Waals surface area contributed by atoms with Crippen molar-refractivity contribution < 1.29 is 28.5 Å². The molecule has 5 atom stereocenters. The first kappa shape index (κ1) is 34.1. The van der Waals surface area contributed by atoms with E-state index < -0.39 is 0 Å². The minimum atomic E-state index is -0.0183. The number of fused-ring (bicyclic) bond motifs is 6. The molecule has 54 heavy (non-hydrogen) atoms. The lowest BCUT2D eigenvalue weighted by molar-refractivity contribution is -0.0344. The molecule has 4 saturated heterocycles. The highest BCUT2D eigenvalue weighted by molar-refractivity contribution is 5.98. The molecule has 10 heterocycles. The molecule has 14 nitrogen and oxygen atoms in total. The van der Waals surface area contributed by atoms with Gasteiger partial charge >= 0.3 is 0 Å². The van der Waals surface area contributed by atoms with Gasteiger partial charge in [-0.3, -0.25) is 9.59 Å². The van der Waals surface area contributed by atoms with Crippen LogP contribution in [0.3, 0.4) is 0 Å². The highest BCUT2D eigenvalue weighted by Crippen LogP contribution is 2.45. The Labute approximate surface area is 313 Å². The normalized spacial score (nSPS) is 25.5. The number of rotatable bonds is 8. The number of hydrogen-bond acceptors (Lipinski definition) is 12. The van der Waals surface area contributed by atoms with Gasteiger partial charge in [-0.2, -0.15) is 0 Å². The number of anilines is 2. The number of aromatic nitrogens is 4. The summed E-state index contributed by atoms with van der Waals surface area (Å²) in [6.07, 6.45) is 6.29. The summed E-state index contributed by atoms with van der Waals surface area (Å²) in [7, 11) is 3.21. The zero-order chi connectivity index (χ0) is 37.1. The Morgan fingerprint density at radius 1 is 0.630 bits per heavy atom. The van der Waals surface area contributed by atoms with E-state index in [2.05, 4.69) is 30.4 Å². The van der Waals surface area contributed by atoms with Crippen molar-refractivity contribution in [3.63, 3.8) is 0 Å². The second-order valence-corrected chi connectivity index (χ2v) is 15.2. The van der Waals surface area contributed by atoms with Crippen LogP contribution in [0.5, 0.6) is 23.3 Å². The van der Waals surface area contributed by atoms with Crippen LogP contribution in [-0.4, -0.2) is 84.4 Å². The number of nitrogens with one attached hydrogen (secondary N) is 2. The predicted octanol–water partition coefficient (Wildman–Crippen LogP) is 3.88. The molecule has 4 aromatic rings. The van der Waals surface area contributed by atoms with Crippen LogP contribution in [0.15, 0.2) is 48.8 Å². The second-order valence-electron chi connectivity index (χ2n) is 15.2. The van der Waals surface area contributed by atoms with E-state index in [1.54, 1.807) is 26.6 Å². The monoisotopic (exact) mass is 732 g/mol. The molecule has 0 spiro atoms. The van der Waals surface area contributed by atoms with Crippen LogP contribution < -0.4 is 39.4 Å². The molecule has 0 radical (unpaired) electrons. The van der Waals surface area contributed by atoms with Crippen LogP contribution in [0, 0.1) is 37.5 Å². The lowest BCUT2D eigenvalue weighted by Gasteiger charge is -2.53. The SMILES string of the molecule is COc1ccc(OC2C3CC2CN(c2nc4c(cc2C)C(=O)NC4)C3)cn1.COc1ccc(OC2[C@@H]3C[C@H]2CN(c2nc4c(cc2C)C(=O)NC4)C3)cn1. The number of nitrogens with zero attached hydrogens (tertiary/aromatic N) is 6. The van der Waals surface area contributed by atoms with Crippen LogP contribution in [0.2, 0.25) is 0 Å². The van der Waals surface area contributed by atoms with Gasteiger partial charge < -0.3 is 39.4 Å². The summed E-state index contributed by atoms with van der Waals surface area (Å²) in [6.45, 7) is 8.84. The van der Waals surface area contributed by atoms with Gasteiger partial charge in [-0.05, 0) is 62.1 Å². The Hall–Kier alpha value is -5.66. The third kappa shape index (κ3) is 6.16. The summed E-state index contributed by atoms with van der Waals surface area (Å²) < 4.78 is 22.6. The Balaban J connectivity index is 0.000000142. The third-order valence-electron chi connectivity index (χ3n) is 11.7. The number of hydrogen-bond donors (Lipinski definition) is 2. The van der Waals surface area contributed by atoms with Gasteiger partial charge in [0, 0.05) is 62.0 Å². The quantitative estimate of drug-likeness (QED) is 0.270. The number of ether oxygens (including phenoxy) is 4. The maximum atomic E-state index is 11.8. The summed E-state index contributed by atoms with van der Waals surface area (Å²) >= 11 is 0. The van der Waals surface area contributed by atoms with E-state index in [1.165, 1.54) is 12.8 Å². The Morgan fingerprint density at radius 3 is 1.39 bits per heavy atom. The number of aryl methyl sites for hydroxylation is 2. The van der Waals surface area contributed by atoms with Crippen LogP contribution >= 0.6 is 0 Å². The molecule has 8 aliphatic rings. The predicted molar refractivity (Wildman–Crippen MR) is 198 cm³/mol. The first-order chi connectivity index (χ1) is 26.2. The molecule has 12 rings (SSSR count). The van der Waals surface area contributed by atoms with Crippen molar-refractivity contribution >= 4 is 23.5 Å². The van der Waals surface area contributed by atoms with Gasteiger partial charge in [-0.1, -0.05) is 0 Å². The van der Waals surface area contributed by atoms with E-state index in [0.29, 0.717) is 59.6 Å². The lowest BCUT2D eigenvalue weighted by Crippen LogP contribution is -2.61. The standard InChI is InChI=1S/2C20H22N4O3/c2*1-11-5-15-16(8-22-20(15)25)23-19(11)24-9-12-6-13(10-24)18(12)27-14-3-4-17(26-2)21-7-14/h2*3-5,7,12-13,18H,6,8-10H2,1-2H3,(H,22,25)/t12-,13+,18?;. The lowest BCUT2D eigenvalue weighted by atomic mass is 9.68. The summed E-state index contributed by atoms with van der Waals surface area (Å²) in [5.41, 5.74) is 5.26. The minimum Gasteiger partial charge on any atom is -0.488 e. The third-order valence-corrected chi connectivity index (χ3v) is 11.7. The van der Waals surface area contributed by atoms with E-state index in [9.17, 15) is 9.59 Å². The topological polar surface area (TPSA) is 153 Å². The molecule has 2 aliphatic carbocycles. The molecule has 6 fully saturated rings. The van der Waals surface area contributed by atoms with Gasteiger partial charge in [0.2, 0.25) is 11.8 Å². The van der Waals surface area contributed by atoms with Crippen LogP contribution in [0.1, 0.15) is 56.1 Å². The number of carbonyl (C=O) groups is 2. The fourth-order valence-electron chi connectivity index (χ4n) is 8.95. The minimum absolute atomic E-state index is 0.0183. The van der Waals surface area contributed by atoms with Crippen molar-refractivity contribution in [2.75, 3.05) is 50.2 Å². The second kappa shape index (κ2) is 13.6. The van der Waals surface area contributed by atoms with Gasteiger partial charge in [-0.25, -0.2) is 19.9 Å². The number of methoxy groups -OCH3 is 2. The number of carbonyl (C=O) groups excluding carboxylic acids is 2. The zero-order valence-corrected chi connectivity index (χ0v) is 30.9. The van der Waals surface area contributed by atoms with E-state index in [1.807, 2.05) is 50.2 Å². The molecule has 2 saturated carbocycles. The molecule has 3 unspecified atom stereocenters. The van der Waals surface area contributed by atoms with Crippen LogP contribution in [-0.2, 0) is 13.1 Å². The van der Waals surface area contributed by atoms with Gasteiger partial charge in [0.15, 0.2) is 0 Å². The molecule has 4 aromatic heterocycles. The molecular weight excluding hydrogens is 688 g/mol. The van der Waals surface area contributed by atoms with E-state index in [0.717, 1.165) is 71.8 Å². The van der Waals surface area contributed by atoms with Crippen LogP contribution in [0.25, 0.3) is 0 Å². The average Bonchev–Trinajstić information content (AvgIpc) is 3.75. The van der Waals surface area contributed by atoms with Crippen LogP contribution in [0.4, 0.5) is 11.6 Å². The summed E-state index contributed by atoms with van der Waals surface area (Å²) in [5.74, 6) is 6.68. The molecular formula is C40H44N8O6. The van der Waals surface area contributed by atoms with E-state index in [-0.39, 0.29) is 24.0 Å². The first-order valence-corrected chi connectivity index (χ1v) is 18.6. The van der Waals surface area contributed by atoms with Crippen molar-refractivity contribution in [1.82, 2.24) is 30.6 Å². The van der Waals surface area contributed by atoms with Gasteiger partial charge in [-0.15, -0.1) is 0 Å². The zero-order valence-electron chi connectivity index (χ0n) is 30.9. The number of piperidine rings is 4. The number of amides is 2. The molecule has 6 aliphatic heterocycles. The highest BCUT2D eigenvalue weighted by atomic mass is 16.5. The molecule has 280 valence electrons. The van der Waals surface area contributed by atoms with Crippen molar-refractivity contribution in [3.05, 3.63) is 82.4 Å². The fourth-order valence-corrected chi connectivity index (χ4v) is 8.95.